The van der Waals surface area contributed by atoms with Gasteiger partial charge in [-0.1, -0.05) is 13.8 Å². The summed E-state index contributed by atoms with van der Waals surface area (Å²) in [5.41, 5.74) is 1.32. The molecule has 2 nitrogen and oxygen atoms in total. The second-order valence-corrected chi connectivity index (χ2v) is 2.82. The van der Waals surface area contributed by atoms with E-state index in [4.69, 9.17) is 0 Å². The van der Waals surface area contributed by atoms with E-state index in [1.807, 2.05) is 18.6 Å². The van der Waals surface area contributed by atoms with Gasteiger partial charge in [0.25, 0.3) is 0 Å². The first-order chi connectivity index (χ1) is 4.72. The van der Waals surface area contributed by atoms with E-state index in [2.05, 4.69) is 31.1 Å². The normalized spacial score (nSPS) is 17.2. The first-order valence-electron chi connectivity index (χ1n) is 3.57. The van der Waals surface area contributed by atoms with Crippen molar-refractivity contribution >= 4 is 0 Å². The molecule has 0 aromatic carbocycles. The van der Waals surface area contributed by atoms with Gasteiger partial charge in [-0.25, -0.2) is 0 Å². The third-order valence-corrected chi connectivity index (χ3v) is 1.62. The molecule has 0 spiro atoms. The monoisotopic (exact) mass is 138 g/mol. The fourth-order valence-corrected chi connectivity index (χ4v) is 1.05. The average Bonchev–Trinajstić information content (AvgIpc) is 1.88. The Labute approximate surface area is 62.2 Å². The lowest BCUT2D eigenvalue weighted by Crippen LogP contribution is -2.21. The highest BCUT2D eigenvalue weighted by Crippen LogP contribution is 2.14. The lowest BCUT2D eigenvalue weighted by Gasteiger charge is -2.24. The smallest absolute Gasteiger partial charge is 0.0359 e. The Hall–Kier alpha value is -0.920. The molecule has 1 rings (SSSR count). The zero-order valence-electron chi connectivity index (χ0n) is 6.76. The van der Waals surface area contributed by atoms with Gasteiger partial charge in [-0.3, -0.25) is 0 Å². The van der Waals surface area contributed by atoms with Gasteiger partial charge < -0.3 is 10.2 Å². The predicted octanol–water partition coefficient (Wildman–Crippen LogP) is 1.49. The molecule has 1 N–H and O–H groups in total. The summed E-state index contributed by atoms with van der Waals surface area (Å²) in [5.74, 6) is 0.586. The van der Waals surface area contributed by atoms with Gasteiger partial charge in [0, 0.05) is 31.3 Å². The Morgan fingerprint density at radius 1 is 1.50 bits per heavy atom. The Morgan fingerprint density at radius 3 is 2.60 bits per heavy atom. The third kappa shape index (κ3) is 1.32. The molecule has 1 heterocycles. The minimum absolute atomic E-state index is 0.586. The van der Waals surface area contributed by atoms with E-state index in [-0.39, 0.29) is 0 Å². The fraction of sp³-hybridized carbons (Fsp3) is 0.500. The lowest BCUT2D eigenvalue weighted by atomic mass is 10.1. The molecule has 10 heavy (non-hydrogen) atoms. The van der Waals surface area contributed by atoms with Crippen molar-refractivity contribution in [1.82, 2.24) is 10.2 Å². The van der Waals surface area contributed by atoms with Crippen LogP contribution < -0.4 is 5.32 Å². The molecule has 56 valence electrons. The molecule has 0 aliphatic carbocycles. The number of rotatable bonds is 1. The summed E-state index contributed by atoms with van der Waals surface area (Å²) in [6, 6.07) is 0. The molecule has 0 saturated carbocycles. The molecule has 0 fully saturated rings. The summed E-state index contributed by atoms with van der Waals surface area (Å²) in [5, 5.41) is 3.06. The Kier molecular flexibility index (Phi) is 2.00. The molecule has 0 atom stereocenters. The van der Waals surface area contributed by atoms with Gasteiger partial charge >= 0.3 is 0 Å². The molecule has 0 saturated heterocycles. The predicted molar refractivity (Wildman–Crippen MR) is 43.0 cm³/mol. The highest BCUT2D eigenvalue weighted by molar-refractivity contribution is 5.11. The minimum Gasteiger partial charge on any atom is -0.365 e. The van der Waals surface area contributed by atoms with Crippen molar-refractivity contribution in [2.24, 2.45) is 5.92 Å². The molecule has 0 amide bonds. The van der Waals surface area contributed by atoms with Crippen molar-refractivity contribution in [2.75, 3.05) is 7.05 Å². The van der Waals surface area contributed by atoms with Crippen LogP contribution in [0.1, 0.15) is 13.8 Å². The second kappa shape index (κ2) is 2.78. The summed E-state index contributed by atoms with van der Waals surface area (Å²) in [6.45, 7) is 4.37. The molecule has 2 heteroatoms. The molecular weight excluding hydrogens is 124 g/mol. The van der Waals surface area contributed by atoms with E-state index in [9.17, 15) is 0 Å². The Morgan fingerprint density at radius 2 is 2.20 bits per heavy atom. The summed E-state index contributed by atoms with van der Waals surface area (Å²) < 4.78 is 0. The van der Waals surface area contributed by atoms with Crippen LogP contribution in [-0.4, -0.2) is 11.9 Å². The zero-order chi connectivity index (χ0) is 7.56. The summed E-state index contributed by atoms with van der Waals surface area (Å²) in [4.78, 5) is 2.13. The minimum atomic E-state index is 0.586. The average molecular weight is 138 g/mol. The van der Waals surface area contributed by atoms with Crippen LogP contribution in [0.3, 0.4) is 0 Å². The fourth-order valence-electron chi connectivity index (χ4n) is 1.05. The van der Waals surface area contributed by atoms with E-state index in [0.29, 0.717) is 5.92 Å². The van der Waals surface area contributed by atoms with Gasteiger partial charge in [-0.2, -0.15) is 0 Å². The number of hydrogen-bond donors (Lipinski definition) is 1. The number of nitrogens with one attached hydrogen (secondary N) is 1. The molecule has 0 bridgehead atoms. The van der Waals surface area contributed by atoms with Crippen molar-refractivity contribution in [3.63, 3.8) is 0 Å². The van der Waals surface area contributed by atoms with Crippen molar-refractivity contribution in [3.05, 3.63) is 24.3 Å². The third-order valence-electron chi connectivity index (χ3n) is 1.62. The van der Waals surface area contributed by atoms with Gasteiger partial charge in [0.1, 0.15) is 0 Å². The highest BCUT2D eigenvalue weighted by Gasteiger charge is 2.07. The van der Waals surface area contributed by atoms with Crippen LogP contribution in [0.4, 0.5) is 0 Å². The van der Waals surface area contributed by atoms with Gasteiger partial charge in [0.2, 0.25) is 0 Å². The van der Waals surface area contributed by atoms with Crippen LogP contribution >= 0.6 is 0 Å². The highest BCUT2D eigenvalue weighted by atomic mass is 15.1. The van der Waals surface area contributed by atoms with E-state index in [1.54, 1.807) is 0 Å². The molecule has 0 radical (unpaired) electrons. The quantitative estimate of drug-likeness (QED) is 0.590. The van der Waals surface area contributed by atoms with Crippen LogP contribution in [0.25, 0.3) is 0 Å². The van der Waals surface area contributed by atoms with E-state index < -0.39 is 0 Å². The van der Waals surface area contributed by atoms with Crippen molar-refractivity contribution in [3.8, 4) is 0 Å². The maximum Gasteiger partial charge on any atom is 0.0359 e. The Bertz CT molecular complexity index is 168. The summed E-state index contributed by atoms with van der Waals surface area (Å²) in [7, 11) is 2.06. The van der Waals surface area contributed by atoms with Gasteiger partial charge in [-0.05, 0) is 5.92 Å². The van der Waals surface area contributed by atoms with Crippen LogP contribution in [0.15, 0.2) is 24.3 Å². The van der Waals surface area contributed by atoms with Crippen molar-refractivity contribution in [2.45, 2.75) is 13.8 Å². The summed E-state index contributed by atoms with van der Waals surface area (Å²) in [6.07, 6.45) is 5.98. The topological polar surface area (TPSA) is 15.3 Å². The van der Waals surface area contributed by atoms with Crippen LogP contribution in [0.2, 0.25) is 0 Å². The SMILES string of the molecule is CC(C)C1=CNC=CN1C. The lowest BCUT2D eigenvalue weighted by molar-refractivity contribution is 0.472. The summed E-state index contributed by atoms with van der Waals surface area (Å²) >= 11 is 0. The van der Waals surface area contributed by atoms with Crippen molar-refractivity contribution in [1.29, 1.82) is 0 Å². The number of allylic oxidation sites excluding steroid dienone is 1. The second-order valence-electron chi connectivity index (χ2n) is 2.82. The molecule has 1 aliphatic rings. The van der Waals surface area contributed by atoms with Crippen LogP contribution in [0.5, 0.6) is 0 Å². The largest absolute Gasteiger partial charge is 0.365 e. The molecule has 0 unspecified atom stereocenters. The van der Waals surface area contributed by atoms with Gasteiger partial charge in [0.15, 0.2) is 0 Å². The number of hydrogen-bond acceptors (Lipinski definition) is 2. The van der Waals surface area contributed by atoms with Crippen LogP contribution in [0, 0.1) is 5.92 Å². The zero-order valence-corrected chi connectivity index (χ0v) is 6.76. The molecule has 0 aromatic heterocycles. The van der Waals surface area contributed by atoms with Crippen molar-refractivity contribution < 1.29 is 0 Å². The maximum absolute atomic E-state index is 3.06. The standard InChI is InChI=1S/C8H14N2/c1-7(2)8-6-9-4-5-10(8)3/h4-7,9H,1-3H3. The first-order valence-corrected chi connectivity index (χ1v) is 3.57. The van der Waals surface area contributed by atoms with E-state index >= 15 is 0 Å². The molecular formula is C8H14N2. The van der Waals surface area contributed by atoms with Crippen LogP contribution in [-0.2, 0) is 0 Å². The first kappa shape index (κ1) is 7.19. The molecule has 1 aliphatic heterocycles. The number of nitrogens with zero attached hydrogens (tertiary/aromatic N) is 1. The van der Waals surface area contributed by atoms with Gasteiger partial charge in [-0.15, -0.1) is 0 Å². The van der Waals surface area contributed by atoms with E-state index in [1.165, 1.54) is 5.70 Å². The van der Waals surface area contributed by atoms with Gasteiger partial charge in [0.05, 0.1) is 0 Å². The van der Waals surface area contributed by atoms with E-state index in [0.717, 1.165) is 0 Å². The Balaban J connectivity index is 2.66. The maximum atomic E-state index is 3.06. The molecule has 0 aromatic rings.